The second-order valence-corrected chi connectivity index (χ2v) is 3.24. The van der Waals surface area contributed by atoms with Crippen LogP contribution in [-0.2, 0) is 6.18 Å². The first-order chi connectivity index (χ1) is 7.38. The van der Waals surface area contributed by atoms with Crippen molar-refractivity contribution in [2.24, 2.45) is 0 Å². The van der Waals surface area contributed by atoms with E-state index in [-0.39, 0.29) is 10.9 Å². The summed E-state index contributed by atoms with van der Waals surface area (Å²) in [6.45, 7) is 0. The molecule has 0 amide bonds. The number of alkyl halides is 3. The molecule has 16 heavy (non-hydrogen) atoms. The van der Waals surface area contributed by atoms with Gasteiger partial charge in [0.25, 0.3) is 0 Å². The van der Waals surface area contributed by atoms with E-state index >= 15 is 0 Å². The summed E-state index contributed by atoms with van der Waals surface area (Å²) >= 11 is 0. The third kappa shape index (κ3) is 1.78. The summed E-state index contributed by atoms with van der Waals surface area (Å²) in [7, 11) is 0. The lowest BCUT2D eigenvalue weighted by Gasteiger charge is -2.08. The van der Waals surface area contributed by atoms with E-state index in [0.29, 0.717) is 12.1 Å². The molecule has 1 heterocycles. The van der Waals surface area contributed by atoms with Gasteiger partial charge in [-0.25, -0.2) is 4.39 Å². The molecule has 84 valence electrons. The van der Waals surface area contributed by atoms with Crippen LogP contribution in [0.2, 0.25) is 0 Å². The number of aromatic amines is 1. The van der Waals surface area contributed by atoms with Crippen LogP contribution in [0, 0.1) is 5.82 Å². The van der Waals surface area contributed by atoms with Gasteiger partial charge in [-0.1, -0.05) is 0 Å². The Labute approximate surface area is 86.5 Å². The molecule has 0 spiro atoms. The summed E-state index contributed by atoms with van der Waals surface area (Å²) in [5, 5.41) is 0.133. The quantitative estimate of drug-likeness (QED) is 0.694. The maximum absolute atomic E-state index is 13.1. The molecule has 1 aromatic heterocycles. The van der Waals surface area contributed by atoms with Crippen LogP contribution in [0.15, 0.2) is 29.1 Å². The topological polar surface area (TPSA) is 32.9 Å². The highest BCUT2D eigenvalue weighted by Crippen LogP contribution is 2.33. The lowest BCUT2D eigenvalue weighted by atomic mass is 10.1. The van der Waals surface area contributed by atoms with Crippen molar-refractivity contribution in [2.75, 3.05) is 0 Å². The van der Waals surface area contributed by atoms with Gasteiger partial charge in [0.2, 0.25) is 5.56 Å². The molecule has 1 N–H and O–H groups in total. The number of aromatic nitrogens is 1. The van der Waals surface area contributed by atoms with E-state index in [1.165, 1.54) is 6.07 Å². The largest absolute Gasteiger partial charge is 0.419 e. The van der Waals surface area contributed by atoms with Crippen LogP contribution >= 0.6 is 0 Å². The molecule has 2 aromatic rings. The zero-order valence-electron chi connectivity index (χ0n) is 7.73. The molecule has 0 aliphatic carbocycles. The maximum Gasteiger partial charge on any atom is 0.419 e. The van der Waals surface area contributed by atoms with Crippen molar-refractivity contribution in [1.82, 2.24) is 4.98 Å². The van der Waals surface area contributed by atoms with Gasteiger partial charge >= 0.3 is 6.18 Å². The van der Waals surface area contributed by atoms with Crippen molar-refractivity contribution >= 4 is 10.9 Å². The molecule has 0 aliphatic heterocycles. The van der Waals surface area contributed by atoms with E-state index in [1.807, 2.05) is 0 Å². The fraction of sp³-hybridized carbons (Fsp3) is 0.100. The molecule has 0 radical (unpaired) electrons. The van der Waals surface area contributed by atoms with Gasteiger partial charge in [-0.15, -0.1) is 0 Å². The second-order valence-electron chi connectivity index (χ2n) is 3.24. The third-order valence-electron chi connectivity index (χ3n) is 2.12. The molecule has 2 rings (SSSR count). The number of H-pyrrole nitrogens is 1. The zero-order valence-corrected chi connectivity index (χ0v) is 7.73. The van der Waals surface area contributed by atoms with Gasteiger partial charge in [0.15, 0.2) is 0 Å². The van der Waals surface area contributed by atoms with Gasteiger partial charge in [-0.3, -0.25) is 4.79 Å². The molecule has 0 unspecified atom stereocenters. The highest BCUT2D eigenvalue weighted by Gasteiger charge is 2.34. The summed E-state index contributed by atoms with van der Waals surface area (Å²) in [6, 6.07) is 3.63. The summed E-state index contributed by atoms with van der Waals surface area (Å²) in [5.41, 5.74) is -1.79. The van der Waals surface area contributed by atoms with Crippen molar-refractivity contribution < 1.29 is 17.6 Å². The number of rotatable bonds is 0. The van der Waals surface area contributed by atoms with E-state index in [1.54, 1.807) is 0 Å². The lowest BCUT2D eigenvalue weighted by molar-refractivity contribution is -0.139. The molecule has 0 bridgehead atoms. The molecule has 0 saturated heterocycles. The lowest BCUT2D eigenvalue weighted by Crippen LogP contribution is -2.09. The van der Waals surface area contributed by atoms with E-state index in [4.69, 9.17) is 0 Å². The van der Waals surface area contributed by atoms with Crippen LogP contribution in [0.4, 0.5) is 17.6 Å². The second kappa shape index (κ2) is 3.33. The van der Waals surface area contributed by atoms with Crippen molar-refractivity contribution in [3.05, 3.63) is 46.0 Å². The average molecular weight is 231 g/mol. The Kier molecular flexibility index (Phi) is 2.22. The Morgan fingerprint density at radius 1 is 1.12 bits per heavy atom. The van der Waals surface area contributed by atoms with Crippen molar-refractivity contribution in [3.63, 3.8) is 0 Å². The van der Waals surface area contributed by atoms with Gasteiger partial charge in [-0.05, 0) is 23.6 Å². The van der Waals surface area contributed by atoms with E-state index in [2.05, 4.69) is 4.98 Å². The highest BCUT2D eigenvalue weighted by molar-refractivity contribution is 5.79. The summed E-state index contributed by atoms with van der Waals surface area (Å²) in [5.74, 6) is -1.40. The number of hydrogen-bond donors (Lipinski definition) is 1. The maximum atomic E-state index is 13.1. The average Bonchev–Trinajstić information content (AvgIpc) is 2.14. The zero-order chi connectivity index (χ0) is 11.9. The SMILES string of the molecule is O=c1ccc2cc(C(F)(F)F)c(F)cc2[nH]1. The number of fused-ring (bicyclic) bond motifs is 1. The van der Waals surface area contributed by atoms with Gasteiger partial charge in [0, 0.05) is 6.07 Å². The number of halogens is 4. The predicted molar refractivity (Wildman–Crippen MR) is 49.5 cm³/mol. The fourth-order valence-corrected chi connectivity index (χ4v) is 1.39. The summed E-state index contributed by atoms with van der Waals surface area (Å²) in [6.07, 6.45) is -4.74. The Morgan fingerprint density at radius 3 is 2.44 bits per heavy atom. The number of pyridine rings is 1. The van der Waals surface area contributed by atoms with E-state index in [9.17, 15) is 22.4 Å². The molecular weight excluding hydrogens is 226 g/mol. The molecule has 6 heteroatoms. The molecule has 0 saturated carbocycles. The van der Waals surface area contributed by atoms with Crippen LogP contribution in [0.3, 0.4) is 0 Å². The van der Waals surface area contributed by atoms with Crippen LogP contribution in [0.1, 0.15) is 5.56 Å². The van der Waals surface area contributed by atoms with Crippen LogP contribution in [0.25, 0.3) is 10.9 Å². The molecule has 0 fully saturated rings. The Hall–Kier alpha value is -1.85. The van der Waals surface area contributed by atoms with Crippen LogP contribution in [-0.4, -0.2) is 4.98 Å². The summed E-state index contributed by atoms with van der Waals surface area (Å²) in [4.78, 5) is 13.1. The molecule has 0 aliphatic rings. The van der Waals surface area contributed by atoms with Gasteiger partial charge in [0.05, 0.1) is 11.1 Å². The van der Waals surface area contributed by atoms with Gasteiger partial charge < -0.3 is 4.98 Å². The van der Waals surface area contributed by atoms with Crippen molar-refractivity contribution in [3.8, 4) is 0 Å². The first-order valence-electron chi connectivity index (χ1n) is 4.28. The third-order valence-corrected chi connectivity index (χ3v) is 2.12. The molecular formula is C10H5F4NO. The highest BCUT2D eigenvalue weighted by atomic mass is 19.4. The minimum absolute atomic E-state index is 0.0398. The summed E-state index contributed by atoms with van der Waals surface area (Å²) < 4.78 is 50.1. The number of nitrogens with one attached hydrogen (secondary N) is 1. The monoisotopic (exact) mass is 231 g/mol. The normalized spacial score (nSPS) is 12.0. The Bertz CT molecular complexity index is 600. The van der Waals surface area contributed by atoms with E-state index in [0.717, 1.165) is 6.07 Å². The van der Waals surface area contributed by atoms with E-state index < -0.39 is 23.1 Å². The minimum Gasteiger partial charge on any atom is -0.322 e. The molecule has 0 atom stereocenters. The molecule has 2 nitrogen and oxygen atoms in total. The smallest absolute Gasteiger partial charge is 0.322 e. The van der Waals surface area contributed by atoms with Gasteiger partial charge in [-0.2, -0.15) is 13.2 Å². The van der Waals surface area contributed by atoms with Crippen LogP contribution < -0.4 is 5.56 Å². The first-order valence-corrected chi connectivity index (χ1v) is 4.28. The van der Waals surface area contributed by atoms with Crippen LogP contribution in [0.5, 0.6) is 0 Å². The minimum atomic E-state index is -4.74. The fourth-order valence-electron chi connectivity index (χ4n) is 1.39. The number of hydrogen-bond acceptors (Lipinski definition) is 1. The molecule has 1 aromatic carbocycles. The standard InChI is InChI=1S/C10H5F4NO/c11-7-4-8-5(1-2-9(16)15-8)3-6(7)10(12,13)14/h1-4H,(H,15,16). The predicted octanol–water partition coefficient (Wildman–Crippen LogP) is 2.69. The first kappa shape index (κ1) is 10.7. The Balaban J connectivity index is 2.77. The van der Waals surface area contributed by atoms with Crippen molar-refractivity contribution in [1.29, 1.82) is 0 Å². The number of benzene rings is 1. The van der Waals surface area contributed by atoms with Gasteiger partial charge in [0.1, 0.15) is 5.82 Å². The van der Waals surface area contributed by atoms with Crippen molar-refractivity contribution in [2.45, 2.75) is 6.18 Å². The Morgan fingerprint density at radius 2 is 1.81 bits per heavy atom.